The Morgan fingerprint density at radius 2 is 2.11 bits per heavy atom. The van der Waals surface area contributed by atoms with E-state index in [4.69, 9.17) is 4.74 Å². The molecule has 0 saturated carbocycles. The highest BCUT2D eigenvalue weighted by Gasteiger charge is 2.15. The van der Waals surface area contributed by atoms with E-state index in [1.165, 1.54) is 0 Å². The molecule has 0 N–H and O–H groups in total. The topological polar surface area (TPSA) is 42.4 Å². The number of hydrogen-bond donors (Lipinski definition) is 0. The molecular formula is C14H22N2O2. The van der Waals surface area contributed by atoms with E-state index in [1.807, 2.05) is 39.0 Å². The van der Waals surface area contributed by atoms with Crippen molar-refractivity contribution in [2.75, 3.05) is 20.2 Å². The maximum atomic E-state index is 11.8. The third-order valence-corrected chi connectivity index (χ3v) is 2.48. The van der Waals surface area contributed by atoms with Crippen LogP contribution < -0.4 is 0 Å². The quantitative estimate of drug-likeness (QED) is 0.801. The van der Waals surface area contributed by atoms with E-state index in [0.29, 0.717) is 6.54 Å². The van der Waals surface area contributed by atoms with Crippen molar-refractivity contribution in [3.05, 3.63) is 30.1 Å². The molecule has 1 aromatic rings. The van der Waals surface area contributed by atoms with Crippen LogP contribution in [0.15, 0.2) is 24.4 Å². The number of pyridine rings is 1. The number of aromatic nitrogens is 1. The standard InChI is InChI=1S/C14H22N2O2/c1-14(2,3)18-11-13(17)16(4)10-8-12-7-5-6-9-15-12/h5-7,9H,8,10-11H2,1-4H3. The monoisotopic (exact) mass is 250 g/mol. The van der Waals surface area contributed by atoms with Crippen molar-refractivity contribution in [2.45, 2.75) is 32.8 Å². The summed E-state index contributed by atoms with van der Waals surface area (Å²) < 4.78 is 5.46. The Kier molecular flexibility index (Phi) is 5.28. The zero-order valence-corrected chi connectivity index (χ0v) is 11.6. The molecule has 0 unspecified atom stereocenters. The molecule has 0 aromatic carbocycles. The van der Waals surface area contributed by atoms with Gasteiger partial charge < -0.3 is 9.64 Å². The van der Waals surface area contributed by atoms with Gasteiger partial charge >= 0.3 is 0 Å². The summed E-state index contributed by atoms with van der Waals surface area (Å²) in [4.78, 5) is 17.7. The number of ether oxygens (including phenoxy) is 1. The fraction of sp³-hybridized carbons (Fsp3) is 0.571. The summed E-state index contributed by atoms with van der Waals surface area (Å²) in [5.74, 6) is 0.000793. The molecule has 1 rings (SSSR count). The molecule has 1 heterocycles. The van der Waals surface area contributed by atoms with Crippen molar-refractivity contribution in [3.63, 3.8) is 0 Å². The van der Waals surface area contributed by atoms with Crippen LogP contribution in [0.2, 0.25) is 0 Å². The summed E-state index contributed by atoms with van der Waals surface area (Å²) in [6.07, 6.45) is 2.53. The van der Waals surface area contributed by atoms with Gasteiger partial charge in [-0.15, -0.1) is 0 Å². The van der Waals surface area contributed by atoms with Crippen LogP contribution >= 0.6 is 0 Å². The maximum Gasteiger partial charge on any atom is 0.248 e. The summed E-state index contributed by atoms with van der Waals surface area (Å²) in [5, 5.41) is 0. The van der Waals surface area contributed by atoms with E-state index >= 15 is 0 Å². The molecule has 0 saturated heterocycles. The summed E-state index contributed by atoms with van der Waals surface area (Å²) in [5.41, 5.74) is 0.714. The second-order valence-electron chi connectivity index (χ2n) is 5.29. The van der Waals surface area contributed by atoms with Crippen molar-refractivity contribution in [3.8, 4) is 0 Å². The Bertz CT molecular complexity index is 371. The van der Waals surface area contributed by atoms with Crippen molar-refractivity contribution >= 4 is 5.91 Å². The van der Waals surface area contributed by atoms with Crippen LogP contribution in [0.25, 0.3) is 0 Å². The highest BCUT2D eigenvalue weighted by molar-refractivity contribution is 5.77. The van der Waals surface area contributed by atoms with Crippen LogP contribution in [0.1, 0.15) is 26.5 Å². The predicted octanol–water partition coefficient (Wildman–Crippen LogP) is 1.90. The first-order valence-electron chi connectivity index (χ1n) is 6.16. The fourth-order valence-corrected chi connectivity index (χ4v) is 1.34. The zero-order chi connectivity index (χ0) is 13.6. The third-order valence-electron chi connectivity index (χ3n) is 2.48. The number of hydrogen-bond acceptors (Lipinski definition) is 3. The molecule has 0 aliphatic carbocycles. The Morgan fingerprint density at radius 3 is 2.67 bits per heavy atom. The molecule has 0 atom stereocenters. The molecule has 0 fully saturated rings. The highest BCUT2D eigenvalue weighted by Crippen LogP contribution is 2.06. The minimum Gasteiger partial charge on any atom is -0.366 e. The van der Waals surface area contributed by atoms with E-state index in [9.17, 15) is 4.79 Å². The van der Waals surface area contributed by atoms with Gasteiger partial charge in [0.25, 0.3) is 0 Å². The van der Waals surface area contributed by atoms with Gasteiger partial charge in [-0.05, 0) is 32.9 Å². The van der Waals surface area contributed by atoms with Gasteiger partial charge in [0, 0.05) is 31.9 Å². The molecule has 100 valence electrons. The number of carbonyl (C=O) groups excluding carboxylic acids is 1. The van der Waals surface area contributed by atoms with Gasteiger partial charge in [-0.2, -0.15) is 0 Å². The van der Waals surface area contributed by atoms with Crippen LogP contribution in [-0.4, -0.2) is 41.6 Å². The van der Waals surface area contributed by atoms with E-state index in [2.05, 4.69) is 4.98 Å². The van der Waals surface area contributed by atoms with Crippen LogP contribution in [0.5, 0.6) is 0 Å². The Balaban J connectivity index is 2.32. The predicted molar refractivity (Wildman–Crippen MR) is 71.3 cm³/mol. The maximum absolute atomic E-state index is 11.8. The number of carbonyl (C=O) groups is 1. The van der Waals surface area contributed by atoms with E-state index in [-0.39, 0.29) is 18.1 Å². The van der Waals surface area contributed by atoms with Gasteiger partial charge in [-0.1, -0.05) is 6.07 Å². The SMILES string of the molecule is CN(CCc1ccccn1)C(=O)COC(C)(C)C. The average molecular weight is 250 g/mol. The molecule has 1 amide bonds. The van der Waals surface area contributed by atoms with E-state index < -0.39 is 0 Å². The number of nitrogens with zero attached hydrogens (tertiary/aromatic N) is 2. The van der Waals surface area contributed by atoms with Crippen LogP contribution in [0, 0.1) is 0 Å². The van der Waals surface area contributed by atoms with Crippen molar-refractivity contribution in [2.24, 2.45) is 0 Å². The van der Waals surface area contributed by atoms with Gasteiger partial charge in [0.2, 0.25) is 5.91 Å². The minimum absolute atomic E-state index is 0.000793. The molecule has 1 aromatic heterocycles. The lowest BCUT2D eigenvalue weighted by Gasteiger charge is -2.22. The van der Waals surface area contributed by atoms with Gasteiger partial charge in [0.05, 0.1) is 5.60 Å². The van der Waals surface area contributed by atoms with Crippen molar-refractivity contribution in [1.82, 2.24) is 9.88 Å². The summed E-state index contributed by atoms with van der Waals surface area (Å²) in [6.45, 7) is 6.60. The lowest BCUT2D eigenvalue weighted by atomic mass is 10.2. The lowest BCUT2D eigenvalue weighted by Crippen LogP contribution is -2.35. The molecule has 4 nitrogen and oxygen atoms in total. The minimum atomic E-state index is -0.280. The average Bonchev–Trinajstić information content (AvgIpc) is 2.33. The molecule has 4 heteroatoms. The summed E-state index contributed by atoms with van der Waals surface area (Å²) in [7, 11) is 1.79. The molecular weight excluding hydrogens is 228 g/mol. The molecule has 18 heavy (non-hydrogen) atoms. The molecule has 0 aliphatic rings. The lowest BCUT2D eigenvalue weighted by molar-refractivity contribution is -0.139. The smallest absolute Gasteiger partial charge is 0.248 e. The van der Waals surface area contributed by atoms with Gasteiger partial charge in [0.1, 0.15) is 6.61 Å². The normalized spacial score (nSPS) is 11.3. The highest BCUT2D eigenvalue weighted by atomic mass is 16.5. The fourth-order valence-electron chi connectivity index (χ4n) is 1.34. The largest absolute Gasteiger partial charge is 0.366 e. The zero-order valence-electron chi connectivity index (χ0n) is 11.6. The summed E-state index contributed by atoms with van der Waals surface area (Å²) in [6, 6.07) is 5.80. The molecule has 0 spiro atoms. The van der Waals surface area contributed by atoms with Gasteiger partial charge in [-0.3, -0.25) is 9.78 Å². The second kappa shape index (κ2) is 6.50. The first-order valence-corrected chi connectivity index (χ1v) is 6.16. The Labute approximate surface area is 109 Å². The van der Waals surface area contributed by atoms with Crippen LogP contribution in [0.4, 0.5) is 0 Å². The Morgan fingerprint density at radius 1 is 1.39 bits per heavy atom. The van der Waals surface area contributed by atoms with Crippen molar-refractivity contribution < 1.29 is 9.53 Å². The molecule has 0 aliphatic heterocycles. The van der Waals surface area contributed by atoms with E-state index in [1.54, 1.807) is 18.1 Å². The van der Waals surface area contributed by atoms with Crippen LogP contribution in [0.3, 0.4) is 0 Å². The number of rotatable bonds is 5. The summed E-state index contributed by atoms with van der Waals surface area (Å²) >= 11 is 0. The third kappa shape index (κ3) is 5.77. The molecule has 0 bridgehead atoms. The van der Waals surface area contributed by atoms with Crippen LogP contribution in [-0.2, 0) is 16.0 Å². The Hall–Kier alpha value is -1.42. The first-order chi connectivity index (χ1) is 8.38. The number of amides is 1. The molecule has 0 radical (unpaired) electrons. The van der Waals surface area contributed by atoms with Crippen molar-refractivity contribution in [1.29, 1.82) is 0 Å². The first kappa shape index (κ1) is 14.6. The van der Waals surface area contributed by atoms with E-state index in [0.717, 1.165) is 12.1 Å². The van der Waals surface area contributed by atoms with Gasteiger partial charge in [-0.25, -0.2) is 0 Å². The number of likely N-dealkylation sites (N-methyl/N-ethyl adjacent to an activating group) is 1. The second-order valence-corrected chi connectivity index (χ2v) is 5.29. The van der Waals surface area contributed by atoms with Gasteiger partial charge in [0.15, 0.2) is 0 Å².